The summed E-state index contributed by atoms with van der Waals surface area (Å²) in [6, 6.07) is 0.182. The van der Waals surface area contributed by atoms with Crippen molar-refractivity contribution < 1.29 is 14.0 Å². The first-order valence-electron chi connectivity index (χ1n) is 6.04. The molecule has 0 aliphatic rings. The molecule has 0 aliphatic heterocycles. The number of nitrogens with two attached hydrogens (primary N) is 1. The summed E-state index contributed by atoms with van der Waals surface area (Å²) >= 11 is 0. The van der Waals surface area contributed by atoms with Gasteiger partial charge >= 0.3 is 0 Å². The average Bonchev–Trinajstić information content (AvgIpc) is 3.05. The molecule has 0 unspecified atom stereocenters. The number of carbonyl (C=O) groups is 2. The molecular formula is C12H15N5O3. The summed E-state index contributed by atoms with van der Waals surface area (Å²) in [6.07, 6.45) is 4.30. The highest BCUT2D eigenvalue weighted by Gasteiger charge is 2.12. The van der Waals surface area contributed by atoms with Crippen LogP contribution in [0.4, 0.5) is 0 Å². The van der Waals surface area contributed by atoms with E-state index in [9.17, 15) is 9.59 Å². The molecule has 8 heteroatoms. The second-order valence-electron chi connectivity index (χ2n) is 4.48. The minimum atomic E-state index is -0.676. The molecule has 0 aliphatic carbocycles. The van der Waals surface area contributed by atoms with Crippen LogP contribution in [0.2, 0.25) is 0 Å². The zero-order chi connectivity index (χ0) is 14.7. The number of primary amides is 1. The van der Waals surface area contributed by atoms with E-state index < -0.39 is 5.91 Å². The molecular weight excluding hydrogens is 262 g/mol. The van der Waals surface area contributed by atoms with Crippen LogP contribution in [0, 0.1) is 0 Å². The van der Waals surface area contributed by atoms with E-state index in [2.05, 4.69) is 15.4 Å². The van der Waals surface area contributed by atoms with Gasteiger partial charge in [-0.25, -0.2) is 4.98 Å². The standard InChI is InChI=1S/C12H15N5O3/c1-7(2)17-5-8(3-15-17)12(19)14-4-10-16-9(6-20-10)11(13)18/h3,5-7H,4H2,1-2H3,(H2,13,18)(H,14,19). The van der Waals surface area contributed by atoms with Crippen LogP contribution in [0.5, 0.6) is 0 Å². The van der Waals surface area contributed by atoms with Gasteiger partial charge in [0.2, 0.25) is 5.89 Å². The molecule has 8 nitrogen and oxygen atoms in total. The Hall–Kier alpha value is -2.64. The molecule has 2 amide bonds. The Morgan fingerprint density at radius 3 is 2.80 bits per heavy atom. The van der Waals surface area contributed by atoms with Crippen molar-refractivity contribution in [1.29, 1.82) is 0 Å². The van der Waals surface area contributed by atoms with E-state index >= 15 is 0 Å². The van der Waals surface area contributed by atoms with E-state index in [0.717, 1.165) is 6.26 Å². The Kier molecular flexibility index (Phi) is 3.83. The summed E-state index contributed by atoms with van der Waals surface area (Å²) in [5.41, 5.74) is 5.52. The lowest BCUT2D eigenvalue weighted by atomic mass is 10.3. The predicted octanol–water partition coefficient (Wildman–Crippen LogP) is 0.481. The summed E-state index contributed by atoms with van der Waals surface area (Å²) in [5, 5.41) is 6.69. The van der Waals surface area contributed by atoms with E-state index in [-0.39, 0.29) is 30.1 Å². The number of nitrogens with zero attached hydrogens (tertiary/aromatic N) is 3. The average molecular weight is 277 g/mol. The molecule has 0 saturated carbocycles. The monoisotopic (exact) mass is 277 g/mol. The SMILES string of the molecule is CC(C)n1cc(C(=O)NCc2nc(C(N)=O)co2)cn1. The Labute approximate surface area is 115 Å². The number of rotatable bonds is 5. The number of oxazole rings is 1. The third-order valence-corrected chi connectivity index (χ3v) is 2.60. The number of nitrogens with one attached hydrogen (secondary N) is 1. The summed E-state index contributed by atoms with van der Waals surface area (Å²) in [7, 11) is 0. The summed E-state index contributed by atoms with van der Waals surface area (Å²) in [6.45, 7) is 4.00. The van der Waals surface area contributed by atoms with Gasteiger partial charge in [0.05, 0.1) is 18.3 Å². The number of hydrogen-bond donors (Lipinski definition) is 2. The highest BCUT2D eigenvalue weighted by molar-refractivity contribution is 5.93. The summed E-state index contributed by atoms with van der Waals surface area (Å²) < 4.78 is 6.69. The number of aromatic nitrogens is 3. The predicted molar refractivity (Wildman–Crippen MR) is 68.8 cm³/mol. The van der Waals surface area contributed by atoms with Crippen LogP contribution in [0.25, 0.3) is 0 Å². The van der Waals surface area contributed by atoms with Crippen LogP contribution in [0.15, 0.2) is 23.1 Å². The van der Waals surface area contributed by atoms with Crippen LogP contribution < -0.4 is 11.1 Å². The van der Waals surface area contributed by atoms with Gasteiger partial charge in [-0.05, 0) is 13.8 Å². The fourth-order valence-corrected chi connectivity index (χ4v) is 1.50. The van der Waals surface area contributed by atoms with Crippen molar-refractivity contribution in [2.24, 2.45) is 5.73 Å². The van der Waals surface area contributed by atoms with Crippen LogP contribution in [-0.2, 0) is 6.54 Å². The zero-order valence-corrected chi connectivity index (χ0v) is 11.2. The van der Waals surface area contributed by atoms with Gasteiger partial charge in [-0.15, -0.1) is 0 Å². The molecule has 0 aromatic carbocycles. The molecule has 0 bridgehead atoms. The zero-order valence-electron chi connectivity index (χ0n) is 11.2. The molecule has 0 saturated heterocycles. The fraction of sp³-hybridized carbons (Fsp3) is 0.333. The minimum absolute atomic E-state index is 0.0295. The molecule has 0 atom stereocenters. The van der Waals surface area contributed by atoms with Gasteiger partial charge in [-0.2, -0.15) is 5.10 Å². The molecule has 2 aromatic heterocycles. The molecule has 3 N–H and O–H groups in total. The molecule has 0 radical (unpaired) electrons. The van der Waals surface area contributed by atoms with Crippen LogP contribution in [0.1, 0.15) is 46.6 Å². The molecule has 0 fully saturated rings. The summed E-state index contributed by atoms with van der Waals surface area (Å²) in [4.78, 5) is 26.5. The molecule has 2 heterocycles. The van der Waals surface area contributed by atoms with Gasteiger partial charge in [-0.1, -0.05) is 0 Å². The van der Waals surface area contributed by atoms with Crippen molar-refractivity contribution in [3.63, 3.8) is 0 Å². The molecule has 0 spiro atoms. The highest BCUT2D eigenvalue weighted by Crippen LogP contribution is 2.06. The van der Waals surface area contributed by atoms with Gasteiger partial charge in [0.25, 0.3) is 11.8 Å². The number of hydrogen-bond acceptors (Lipinski definition) is 5. The second kappa shape index (κ2) is 5.55. The Morgan fingerprint density at radius 1 is 1.50 bits per heavy atom. The van der Waals surface area contributed by atoms with E-state index in [0.29, 0.717) is 5.56 Å². The third-order valence-electron chi connectivity index (χ3n) is 2.60. The minimum Gasteiger partial charge on any atom is -0.446 e. The molecule has 20 heavy (non-hydrogen) atoms. The van der Waals surface area contributed by atoms with Crippen molar-refractivity contribution in [1.82, 2.24) is 20.1 Å². The smallest absolute Gasteiger partial charge is 0.270 e. The van der Waals surface area contributed by atoms with Gasteiger partial charge < -0.3 is 15.5 Å². The van der Waals surface area contributed by atoms with E-state index in [1.807, 2.05) is 13.8 Å². The first-order chi connectivity index (χ1) is 9.47. The normalized spacial score (nSPS) is 10.8. The number of amides is 2. The van der Waals surface area contributed by atoms with Crippen LogP contribution >= 0.6 is 0 Å². The maximum atomic E-state index is 11.9. The molecule has 106 valence electrons. The van der Waals surface area contributed by atoms with Gasteiger partial charge in [0.1, 0.15) is 6.26 Å². The quantitative estimate of drug-likeness (QED) is 0.824. The Balaban J connectivity index is 1.95. The Bertz CT molecular complexity index is 629. The third kappa shape index (κ3) is 3.02. The number of carbonyl (C=O) groups excluding carboxylic acids is 2. The summed E-state index contributed by atoms with van der Waals surface area (Å²) in [5.74, 6) is -0.760. The second-order valence-corrected chi connectivity index (χ2v) is 4.48. The van der Waals surface area contributed by atoms with Crippen molar-refractivity contribution in [2.75, 3.05) is 0 Å². The van der Waals surface area contributed by atoms with Crippen molar-refractivity contribution in [3.05, 3.63) is 35.8 Å². The van der Waals surface area contributed by atoms with Crippen molar-refractivity contribution in [3.8, 4) is 0 Å². The topological polar surface area (TPSA) is 116 Å². The maximum absolute atomic E-state index is 11.9. The van der Waals surface area contributed by atoms with Gasteiger partial charge in [-0.3, -0.25) is 14.3 Å². The van der Waals surface area contributed by atoms with E-state index in [1.165, 1.54) is 6.20 Å². The maximum Gasteiger partial charge on any atom is 0.270 e. The lowest BCUT2D eigenvalue weighted by Gasteiger charge is -2.03. The van der Waals surface area contributed by atoms with E-state index in [4.69, 9.17) is 10.2 Å². The highest BCUT2D eigenvalue weighted by atomic mass is 16.3. The largest absolute Gasteiger partial charge is 0.446 e. The first kappa shape index (κ1) is 13.8. The molecule has 2 rings (SSSR count). The first-order valence-corrected chi connectivity index (χ1v) is 6.04. The Morgan fingerprint density at radius 2 is 2.25 bits per heavy atom. The lowest BCUT2D eigenvalue weighted by molar-refractivity contribution is 0.0946. The van der Waals surface area contributed by atoms with Crippen LogP contribution in [0.3, 0.4) is 0 Å². The van der Waals surface area contributed by atoms with Crippen molar-refractivity contribution >= 4 is 11.8 Å². The van der Waals surface area contributed by atoms with Crippen LogP contribution in [-0.4, -0.2) is 26.6 Å². The van der Waals surface area contributed by atoms with Gasteiger partial charge in [0, 0.05) is 12.2 Å². The fourth-order valence-electron chi connectivity index (χ4n) is 1.50. The lowest BCUT2D eigenvalue weighted by Crippen LogP contribution is -2.22. The van der Waals surface area contributed by atoms with Crippen molar-refractivity contribution in [2.45, 2.75) is 26.4 Å². The van der Waals surface area contributed by atoms with Gasteiger partial charge in [0.15, 0.2) is 5.69 Å². The molecule has 2 aromatic rings. The van der Waals surface area contributed by atoms with E-state index in [1.54, 1.807) is 10.9 Å².